The molecular formula is C14H15ClN2O2S. The minimum absolute atomic E-state index is 0.109. The van der Waals surface area contributed by atoms with Crippen molar-refractivity contribution in [3.63, 3.8) is 0 Å². The summed E-state index contributed by atoms with van der Waals surface area (Å²) in [6.45, 7) is 0.235. The number of nitrogens with zero attached hydrogens (tertiary/aromatic N) is 1. The average molecular weight is 311 g/mol. The molecular weight excluding hydrogens is 296 g/mol. The number of amides is 3. The van der Waals surface area contributed by atoms with E-state index in [1.807, 2.05) is 30.0 Å². The molecule has 1 N–H and O–H groups in total. The van der Waals surface area contributed by atoms with Gasteiger partial charge in [-0.2, -0.15) is 11.8 Å². The molecule has 3 amide bonds. The van der Waals surface area contributed by atoms with Crippen molar-refractivity contribution < 1.29 is 9.59 Å². The van der Waals surface area contributed by atoms with E-state index in [1.54, 1.807) is 6.07 Å². The molecule has 0 unspecified atom stereocenters. The van der Waals surface area contributed by atoms with E-state index in [-0.39, 0.29) is 18.5 Å². The minimum Gasteiger partial charge on any atom is -0.323 e. The summed E-state index contributed by atoms with van der Waals surface area (Å²) in [7, 11) is 0. The first-order valence-electron chi connectivity index (χ1n) is 6.58. The molecule has 20 heavy (non-hydrogen) atoms. The van der Waals surface area contributed by atoms with Crippen LogP contribution in [0.3, 0.4) is 0 Å². The molecule has 0 aliphatic carbocycles. The molecule has 0 atom stereocenters. The summed E-state index contributed by atoms with van der Waals surface area (Å²) < 4.78 is 0. The minimum atomic E-state index is -0.677. The predicted octanol–water partition coefficient (Wildman–Crippen LogP) is 2.66. The SMILES string of the molecule is O=C1NC2(CCSCC2)C(=O)N1Cc1ccccc1Cl. The molecule has 2 fully saturated rings. The standard InChI is InChI=1S/C14H15ClN2O2S/c15-11-4-2-1-3-10(11)9-17-12(18)14(16-13(17)19)5-7-20-8-6-14/h1-4H,5-9H2,(H,16,19). The van der Waals surface area contributed by atoms with Crippen molar-refractivity contribution in [1.82, 2.24) is 10.2 Å². The highest BCUT2D eigenvalue weighted by atomic mass is 35.5. The molecule has 106 valence electrons. The molecule has 0 aromatic heterocycles. The molecule has 2 saturated heterocycles. The van der Waals surface area contributed by atoms with E-state index in [4.69, 9.17) is 11.6 Å². The molecule has 0 radical (unpaired) electrons. The van der Waals surface area contributed by atoms with Gasteiger partial charge in [-0.1, -0.05) is 29.8 Å². The number of nitrogens with one attached hydrogen (secondary N) is 1. The van der Waals surface area contributed by atoms with Gasteiger partial charge < -0.3 is 5.32 Å². The first-order chi connectivity index (χ1) is 9.62. The molecule has 1 aromatic carbocycles. The second-order valence-electron chi connectivity index (χ2n) is 5.11. The molecule has 0 saturated carbocycles. The third kappa shape index (κ3) is 2.29. The first kappa shape index (κ1) is 13.8. The fourth-order valence-electron chi connectivity index (χ4n) is 2.68. The highest BCUT2D eigenvalue weighted by Gasteiger charge is 2.51. The van der Waals surface area contributed by atoms with Gasteiger partial charge in [0, 0.05) is 5.02 Å². The van der Waals surface area contributed by atoms with E-state index in [9.17, 15) is 9.59 Å². The molecule has 3 rings (SSSR count). The van der Waals surface area contributed by atoms with Crippen LogP contribution in [0, 0.1) is 0 Å². The van der Waals surface area contributed by atoms with Gasteiger partial charge in [-0.05, 0) is 36.0 Å². The Bertz CT molecular complexity index is 558. The van der Waals surface area contributed by atoms with Gasteiger partial charge >= 0.3 is 6.03 Å². The number of halogens is 1. The van der Waals surface area contributed by atoms with Crippen LogP contribution in [0.1, 0.15) is 18.4 Å². The topological polar surface area (TPSA) is 49.4 Å². The zero-order valence-electron chi connectivity index (χ0n) is 10.9. The van der Waals surface area contributed by atoms with Crippen molar-refractivity contribution in [2.75, 3.05) is 11.5 Å². The number of carbonyl (C=O) groups excluding carboxylic acids is 2. The van der Waals surface area contributed by atoms with Gasteiger partial charge in [0.15, 0.2) is 0 Å². The lowest BCUT2D eigenvalue weighted by molar-refractivity contribution is -0.132. The fourth-order valence-corrected chi connectivity index (χ4v) is 4.06. The van der Waals surface area contributed by atoms with Crippen LogP contribution in [0.2, 0.25) is 5.02 Å². The van der Waals surface area contributed by atoms with Gasteiger partial charge in [0.05, 0.1) is 6.54 Å². The number of rotatable bonds is 2. The zero-order valence-corrected chi connectivity index (χ0v) is 12.5. The molecule has 2 aliphatic rings. The molecule has 1 spiro atoms. The van der Waals surface area contributed by atoms with E-state index in [0.29, 0.717) is 17.9 Å². The Morgan fingerprint density at radius 2 is 1.95 bits per heavy atom. The molecule has 6 heteroatoms. The molecule has 0 bridgehead atoms. The lowest BCUT2D eigenvalue weighted by Crippen LogP contribution is -2.49. The number of thioether (sulfide) groups is 1. The molecule has 2 heterocycles. The molecule has 2 aliphatic heterocycles. The van der Waals surface area contributed by atoms with Crippen LogP contribution in [-0.4, -0.2) is 33.9 Å². The van der Waals surface area contributed by atoms with Crippen LogP contribution in [0.4, 0.5) is 4.79 Å². The molecule has 4 nitrogen and oxygen atoms in total. The Hall–Kier alpha value is -1.20. The quantitative estimate of drug-likeness (QED) is 0.854. The van der Waals surface area contributed by atoms with Crippen LogP contribution < -0.4 is 5.32 Å². The van der Waals surface area contributed by atoms with Crippen LogP contribution in [0.15, 0.2) is 24.3 Å². The largest absolute Gasteiger partial charge is 0.325 e. The third-order valence-electron chi connectivity index (χ3n) is 3.88. The van der Waals surface area contributed by atoms with Crippen LogP contribution in [0.25, 0.3) is 0 Å². The lowest BCUT2D eigenvalue weighted by Gasteiger charge is -2.30. The van der Waals surface area contributed by atoms with E-state index >= 15 is 0 Å². The summed E-state index contributed by atoms with van der Waals surface area (Å²) in [5, 5.41) is 3.47. The second kappa shape index (κ2) is 5.30. The van der Waals surface area contributed by atoms with Crippen molar-refractivity contribution >= 4 is 35.3 Å². The molecule has 1 aromatic rings. The summed E-state index contributed by atoms with van der Waals surface area (Å²) >= 11 is 7.93. The number of hydrogen-bond donors (Lipinski definition) is 1. The number of hydrogen-bond acceptors (Lipinski definition) is 3. The van der Waals surface area contributed by atoms with Gasteiger partial charge in [0.1, 0.15) is 5.54 Å². The smallest absolute Gasteiger partial charge is 0.323 e. The Morgan fingerprint density at radius 3 is 2.65 bits per heavy atom. The van der Waals surface area contributed by atoms with E-state index in [0.717, 1.165) is 17.1 Å². The van der Waals surface area contributed by atoms with Gasteiger partial charge in [-0.15, -0.1) is 0 Å². The zero-order chi connectivity index (χ0) is 14.2. The normalized spacial score (nSPS) is 21.4. The number of carbonyl (C=O) groups is 2. The summed E-state index contributed by atoms with van der Waals surface area (Å²) in [6.07, 6.45) is 1.42. The Labute approximate surface area is 126 Å². The summed E-state index contributed by atoms with van der Waals surface area (Å²) in [4.78, 5) is 26.0. The van der Waals surface area contributed by atoms with Crippen molar-refractivity contribution in [2.45, 2.75) is 24.9 Å². The number of benzene rings is 1. The maximum Gasteiger partial charge on any atom is 0.325 e. The van der Waals surface area contributed by atoms with Crippen LogP contribution >= 0.6 is 23.4 Å². The number of urea groups is 1. The maximum absolute atomic E-state index is 12.6. The third-order valence-corrected chi connectivity index (χ3v) is 5.23. The van der Waals surface area contributed by atoms with Crippen LogP contribution in [0.5, 0.6) is 0 Å². The summed E-state index contributed by atoms with van der Waals surface area (Å²) in [6, 6.07) is 6.99. The van der Waals surface area contributed by atoms with Gasteiger partial charge in [0.2, 0.25) is 0 Å². The van der Waals surface area contributed by atoms with Gasteiger partial charge in [-0.25, -0.2) is 4.79 Å². The maximum atomic E-state index is 12.6. The van der Waals surface area contributed by atoms with E-state index < -0.39 is 5.54 Å². The van der Waals surface area contributed by atoms with Crippen molar-refractivity contribution in [3.8, 4) is 0 Å². The number of imide groups is 1. The Balaban J connectivity index is 1.82. The average Bonchev–Trinajstić information content (AvgIpc) is 2.66. The van der Waals surface area contributed by atoms with Crippen molar-refractivity contribution in [2.24, 2.45) is 0 Å². The fraction of sp³-hybridized carbons (Fsp3) is 0.429. The van der Waals surface area contributed by atoms with Gasteiger partial charge in [0.25, 0.3) is 5.91 Å². The Morgan fingerprint density at radius 1 is 1.25 bits per heavy atom. The Kier molecular flexibility index (Phi) is 3.65. The predicted molar refractivity (Wildman–Crippen MR) is 79.8 cm³/mol. The summed E-state index contributed by atoms with van der Waals surface area (Å²) in [5.41, 5.74) is 0.115. The van der Waals surface area contributed by atoms with E-state index in [2.05, 4.69) is 5.32 Å². The second-order valence-corrected chi connectivity index (χ2v) is 6.74. The monoisotopic (exact) mass is 310 g/mol. The highest BCUT2D eigenvalue weighted by molar-refractivity contribution is 7.99. The lowest BCUT2D eigenvalue weighted by atomic mass is 9.92. The van der Waals surface area contributed by atoms with E-state index in [1.165, 1.54) is 4.90 Å². The van der Waals surface area contributed by atoms with Crippen molar-refractivity contribution in [3.05, 3.63) is 34.9 Å². The van der Waals surface area contributed by atoms with Gasteiger partial charge in [-0.3, -0.25) is 9.69 Å². The van der Waals surface area contributed by atoms with Crippen molar-refractivity contribution in [1.29, 1.82) is 0 Å². The summed E-state index contributed by atoms with van der Waals surface area (Å²) in [5.74, 6) is 1.71. The van der Waals surface area contributed by atoms with Crippen LogP contribution in [-0.2, 0) is 11.3 Å². The highest BCUT2D eigenvalue weighted by Crippen LogP contribution is 2.33. The first-order valence-corrected chi connectivity index (χ1v) is 8.11.